The van der Waals surface area contributed by atoms with Gasteiger partial charge < -0.3 is 0 Å². The van der Waals surface area contributed by atoms with Gasteiger partial charge in [-0.25, -0.2) is 0 Å². The Hall–Kier alpha value is -2.05. The molecular weight excluding hydrogens is 574 g/mol. The fraction of sp³-hybridized carbons (Fsp3) is 0.652. The van der Waals surface area contributed by atoms with Gasteiger partial charge in [0.05, 0.1) is 0 Å². The second kappa shape index (κ2) is 8.81. The van der Waals surface area contributed by atoms with Crippen LogP contribution in [0.4, 0.5) is 13.2 Å². The Balaban J connectivity index is 2.91. The van der Waals surface area contributed by atoms with Gasteiger partial charge in [0.25, 0.3) is 0 Å². The van der Waals surface area contributed by atoms with Gasteiger partial charge >= 0.3 is 208 Å². The number of hydrogen-bond acceptors (Lipinski definition) is 8. The number of ether oxygens (including phenoxy) is 3. The molecule has 196 valence electrons. The zero-order chi connectivity index (χ0) is 27.4. The zero-order valence-electron chi connectivity index (χ0n) is 21.8. The minimum atomic E-state index is -4.55. The summed E-state index contributed by atoms with van der Waals surface area (Å²) in [5.41, 5.74) is -4.23. The first-order valence-corrected chi connectivity index (χ1v) is 21.0. The van der Waals surface area contributed by atoms with Gasteiger partial charge in [0.2, 0.25) is 0 Å². The Morgan fingerprint density at radius 3 is 1.86 bits per heavy atom. The van der Waals surface area contributed by atoms with Gasteiger partial charge in [-0.3, -0.25) is 0 Å². The molecule has 0 fully saturated rings. The van der Waals surface area contributed by atoms with E-state index >= 15 is 13.2 Å². The zero-order valence-corrected chi connectivity index (χ0v) is 24.7. The SMILES string of the molecule is CC(C)(C)OC(=O)C1(C(=O)OC(C)(C)C)OC(N)=NC(C)(c2n[c]([Sn]([CH3])([CH3])[CH3])ccc2F)C1(F)F. The predicted octanol–water partition coefficient (Wildman–Crippen LogP) is 3.38. The van der Waals surface area contributed by atoms with Gasteiger partial charge in [0.15, 0.2) is 0 Å². The summed E-state index contributed by atoms with van der Waals surface area (Å²) >= 11 is -3.00. The number of carbonyl (C=O) groups is 2. The number of alkyl halides is 2. The normalized spacial score (nSPS) is 22.0. The molecule has 0 bridgehead atoms. The molecule has 0 radical (unpaired) electrons. The van der Waals surface area contributed by atoms with Crippen molar-refractivity contribution in [1.29, 1.82) is 0 Å². The van der Waals surface area contributed by atoms with Crippen LogP contribution in [0, 0.1) is 5.82 Å². The molecule has 35 heavy (non-hydrogen) atoms. The van der Waals surface area contributed by atoms with E-state index in [4.69, 9.17) is 19.9 Å². The number of esters is 2. The molecule has 1 aromatic rings. The monoisotopic (exact) mass is 609 g/mol. The summed E-state index contributed by atoms with van der Waals surface area (Å²) in [5, 5.41) is 0. The van der Waals surface area contributed by atoms with Crippen molar-refractivity contribution in [2.75, 3.05) is 0 Å². The third-order valence-electron chi connectivity index (χ3n) is 5.09. The number of hydrogen-bond donors (Lipinski definition) is 1. The number of carbonyl (C=O) groups excluding carboxylic acids is 2. The van der Waals surface area contributed by atoms with Crippen molar-refractivity contribution in [3.63, 3.8) is 0 Å². The van der Waals surface area contributed by atoms with Crippen molar-refractivity contribution in [2.45, 2.75) is 91.5 Å². The topological polar surface area (TPSA) is 113 Å². The molecule has 0 aromatic carbocycles. The van der Waals surface area contributed by atoms with Crippen molar-refractivity contribution in [3.8, 4) is 0 Å². The Morgan fingerprint density at radius 1 is 1.00 bits per heavy atom. The van der Waals surface area contributed by atoms with Crippen molar-refractivity contribution < 1.29 is 37.0 Å². The number of halogens is 3. The third kappa shape index (κ3) is 5.38. The molecule has 2 rings (SSSR count). The molecule has 2 N–H and O–H groups in total. The molecule has 1 unspecified atom stereocenters. The van der Waals surface area contributed by atoms with Crippen LogP contribution in [0.3, 0.4) is 0 Å². The second-order valence-electron chi connectivity index (χ2n) is 11.7. The molecule has 1 aliphatic heterocycles. The third-order valence-corrected chi connectivity index (χ3v) is 10.3. The average Bonchev–Trinajstić information content (AvgIpc) is 2.61. The summed E-state index contributed by atoms with van der Waals surface area (Å²) in [6.45, 7) is 9.38. The van der Waals surface area contributed by atoms with Crippen LogP contribution < -0.4 is 9.44 Å². The Morgan fingerprint density at radius 2 is 1.46 bits per heavy atom. The number of pyridine rings is 1. The van der Waals surface area contributed by atoms with E-state index in [-0.39, 0.29) is 0 Å². The van der Waals surface area contributed by atoms with Crippen molar-refractivity contribution >= 4 is 40.0 Å². The summed E-state index contributed by atoms with van der Waals surface area (Å²) in [4.78, 5) is 40.4. The van der Waals surface area contributed by atoms with E-state index < -0.39 is 76.1 Å². The fourth-order valence-corrected chi connectivity index (χ4v) is 6.34. The standard InChI is InChI=1S/C20H25F3N3O5.3CH3.Sn/c1-16(2,3)29-13(27)19(14(28)30-17(4,5)6)20(22,23)18(7,26-15(24)31-19)12-11(21)9-8-10-25-12;;;;/h8-9H,1-7H3,(H2,24,26);3*1H3;. The number of nitrogens with zero attached hydrogens (tertiary/aromatic N) is 2. The van der Waals surface area contributed by atoms with Gasteiger partial charge in [0, 0.05) is 0 Å². The molecule has 1 atom stereocenters. The Kier molecular flexibility index (Phi) is 7.34. The fourth-order valence-electron chi connectivity index (χ4n) is 3.40. The summed E-state index contributed by atoms with van der Waals surface area (Å²) in [6, 6.07) is 1.52. The summed E-state index contributed by atoms with van der Waals surface area (Å²) in [6.07, 6.45) is 0. The van der Waals surface area contributed by atoms with E-state index in [9.17, 15) is 9.59 Å². The average molecular weight is 608 g/mol. The van der Waals surface area contributed by atoms with E-state index in [1.165, 1.54) is 47.6 Å². The molecule has 2 heterocycles. The molecule has 12 heteroatoms. The second-order valence-corrected chi connectivity index (χ2v) is 26.0. The minimum absolute atomic E-state index is 0.480. The van der Waals surface area contributed by atoms with E-state index in [2.05, 4.69) is 9.98 Å². The molecule has 0 spiro atoms. The summed E-state index contributed by atoms with van der Waals surface area (Å²) in [5.74, 6) is -9.15. The van der Waals surface area contributed by atoms with E-state index in [1.807, 2.05) is 14.8 Å². The van der Waals surface area contributed by atoms with E-state index in [1.54, 1.807) is 0 Å². The van der Waals surface area contributed by atoms with Crippen LogP contribution in [0.5, 0.6) is 0 Å². The quantitative estimate of drug-likeness (QED) is 0.317. The molecule has 1 aliphatic rings. The van der Waals surface area contributed by atoms with Crippen molar-refractivity contribution in [2.24, 2.45) is 10.7 Å². The van der Waals surface area contributed by atoms with Gasteiger partial charge in [-0.2, -0.15) is 0 Å². The summed E-state index contributed by atoms with van der Waals surface area (Å²) < 4.78 is 64.2. The summed E-state index contributed by atoms with van der Waals surface area (Å²) in [7, 11) is 0. The molecular formula is C23H34F3N3O5Sn. The number of rotatable bonds is 4. The van der Waals surface area contributed by atoms with Crippen LogP contribution in [0.1, 0.15) is 54.2 Å². The Bertz CT molecular complexity index is 1030. The van der Waals surface area contributed by atoms with Crippen molar-refractivity contribution in [3.05, 3.63) is 23.6 Å². The van der Waals surface area contributed by atoms with Crippen LogP contribution in [0.2, 0.25) is 14.8 Å². The molecule has 0 saturated carbocycles. The maximum absolute atomic E-state index is 16.6. The Labute approximate surface area is 207 Å². The molecule has 0 amide bonds. The maximum atomic E-state index is 16.6. The van der Waals surface area contributed by atoms with Crippen LogP contribution in [-0.4, -0.2) is 64.0 Å². The van der Waals surface area contributed by atoms with E-state index in [0.29, 0.717) is 3.71 Å². The molecule has 0 saturated heterocycles. The molecule has 8 nitrogen and oxygen atoms in total. The first-order chi connectivity index (χ1) is 15.5. The van der Waals surface area contributed by atoms with Crippen LogP contribution in [0.15, 0.2) is 17.1 Å². The van der Waals surface area contributed by atoms with Gasteiger partial charge in [0.1, 0.15) is 0 Å². The van der Waals surface area contributed by atoms with Crippen LogP contribution in [-0.2, 0) is 29.3 Å². The number of aromatic nitrogens is 1. The van der Waals surface area contributed by atoms with Gasteiger partial charge in [-0.05, 0) is 0 Å². The molecule has 1 aromatic heterocycles. The number of amidine groups is 1. The number of nitrogens with two attached hydrogens (primary N) is 1. The van der Waals surface area contributed by atoms with Crippen molar-refractivity contribution in [1.82, 2.24) is 4.98 Å². The predicted molar refractivity (Wildman–Crippen MR) is 127 cm³/mol. The first-order valence-electron chi connectivity index (χ1n) is 11.0. The van der Waals surface area contributed by atoms with Gasteiger partial charge in [-0.1, -0.05) is 0 Å². The van der Waals surface area contributed by atoms with E-state index in [0.717, 1.165) is 13.0 Å². The molecule has 0 aliphatic carbocycles. The number of aliphatic imine (C=N–C) groups is 1. The van der Waals surface area contributed by atoms with Crippen LogP contribution >= 0.6 is 0 Å². The van der Waals surface area contributed by atoms with Crippen LogP contribution in [0.25, 0.3) is 0 Å². The van der Waals surface area contributed by atoms with Gasteiger partial charge in [-0.15, -0.1) is 0 Å². The first kappa shape index (κ1) is 29.2.